The first-order chi connectivity index (χ1) is 30.9. The Morgan fingerprint density at radius 2 is 1.17 bits per heavy atom. The number of aryl methyl sites for hydroxylation is 1. The molecule has 3 heterocycles. The Labute approximate surface area is 375 Å². The van der Waals surface area contributed by atoms with Crippen molar-refractivity contribution in [1.29, 1.82) is 0 Å². The fraction of sp³-hybridized carbons (Fsp3) is 0.300. The van der Waals surface area contributed by atoms with Crippen LogP contribution in [0.1, 0.15) is 117 Å². The standard InChI is InChI=1S/C60H58N2Si/c1-59(2)50-37-41(24-28-46(50)47-30-26-44(39-51(47)59)61-34-14-16-43-15-4-5-17-54(43)61)22-23-42-25-29-48-49-31-27-45(40-53(49)60(52(48)38-42)32-10-3-11-33-60)62-55-18-6-8-20-57(55)63(35-12-13-36-63)58-21-9-7-19-56(58)62/h4-6,8-9,15,17-18,20-31,37-40H,3,7,10-14,16,19,32-36H2,1-2H3. The van der Waals surface area contributed by atoms with Gasteiger partial charge in [-0.05, 0) is 159 Å². The zero-order valence-corrected chi connectivity index (χ0v) is 38.2. The van der Waals surface area contributed by atoms with Crippen molar-refractivity contribution in [3.8, 4) is 22.3 Å². The molecule has 3 aliphatic heterocycles. The second-order valence-electron chi connectivity index (χ2n) is 20.5. The summed E-state index contributed by atoms with van der Waals surface area (Å²) >= 11 is 0. The van der Waals surface area contributed by atoms with Gasteiger partial charge in [0.05, 0.1) is 0 Å². The SMILES string of the molecule is CC1(C)c2cc(C=Cc3ccc4c(c3)C3(CCCCC3)c3cc(N5C6=C(C=CCC6)[Si]6(CCCC6)c6ccccc65)ccc3-4)ccc2-c2ccc(N3CCCc4ccccc43)cc21. The van der Waals surface area contributed by atoms with Crippen LogP contribution in [0.3, 0.4) is 0 Å². The third-order valence-corrected chi connectivity index (χ3v) is 22.3. The number of para-hydroxylation sites is 2. The average molecular weight is 835 g/mol. The van der Waals surface area contributed by atoms with E-state index in [0.29, 0.717) is 0 Å². The Hall–Kier alpha value is -5.64. The molecule has 312 valence electrons. The quantitative estimate of drug-likeness (QED) is 0.129. The lowest BCUT2D eigenvalue weighted by atomic mass is 9.67. The fourth-order valence-corrected chi connectivity index (χ4v) is 19.6. The van der Waals surface area contributed by atoms with Gasteiger partial charge in [0.25, 0.3) is 0 Å². The van der Waals surface area contributed by atoms with Gasteiger partial charge in [-0.1, -0.05) is 155 Å². The molecule has 2 fully saturated rings. The number of hydrogen-bond donors (Lipinski definition) is 0. The molecule has 63 heavy (non-hydrogen) atoms. The Morgan fingerprint density at radius 3 is 1.95 bits per heavy atom. The van der Waals surface area contributed by atoms with E-state index in [0.717, 1.165) is 19.4 Å². The van der Waals surface area contributed by atoms with Gasteiger partial charge >= 0.3 is 0 Å². The molecule has 3 heteroatoms. The van der Waals surface area contributed by atoms with Crippen molar-refractivity contribution in [2.45, 2.75) is 107 Å². The number of benzene rings is 6. The maximum absolute atomic E-state index is 2.72. The van der Waals surface area contributed by atoms with E-state index in [1.165, 1.54) is 143 Å². The molecule has 0 atom stereocenters. The highest BCUT2D eigenvalue weighted by Crippen LogP contribution is 2.58. The predicted molar refractivity (Wildman–Crippen MR) is 269 cm³/mol. The van der Waals surface area contributed by atoms with Gasteiger partial charge in [-0.25, -0.2) is 0 Å². The minimum atomic E-state index is -1.73. The second kappa shape index (κ2) is 14.2. The third kappa shape index (κ3) is 5.54. The summed E-state index contributed by atoms with van der Waals surface area (Å²) in [5.74, 6) is 0. The number of fused-ring (bicyclic) bond motifs is 12. The molecule has 0 N–H and O–H groups in total. The topological polar surface area (TPSA) is 6.48 Å². The van der Waals surface area contributed by atoms with E-state index in [2.05, 4.69) is 169 Å². The van der Waals surface area contributed by atoms with Crippen LogP contribution in [0.25, 0.3) is 34.4 Å². The maximum Gasteiger partial charge on any atom is 0.123 e. The third-order valence-electron chi connectivity index (χ3n) is 17.0. The Kier molecular flexibility index (Phi) is 8.52. The van der Waals surface area contributed by atoms with Gasteiger partial charge in [0, 0.05) is 45.8 Å². The summed E-state index contributed by atoms with van der Waals surface area (Å²) in [7, 11) is -1.73. The number of allylic oxidation sites excluding steroid dienone is 4. The summed E-state index contributed by atoms with van der Waals surface area (Å²) in [5.41, 5.74) is 22.9. The summed E-state index contributed by atoms with van der Waals surface area (Å²) in [5, 5.41) is 3.42. The van der Waals surface area contributed by atoms with Crippen molar-refractivity contribution < 1.29 is 0 Å². The van der Waals surface area contributed by atoms with Crippen LogP contribution in [0.5, 0.6) is 0 Å². The van der Waals surface area contributed by atoms with E-state index in [-0.39, 0.29) is 10.8 Å². The molecule has 6 aromatic rings. The van der Waals surface area contributed by atoms with E-state index >= 15 is 0 Å². The van der Waals surface area contributed by atoms with E-state index in [1.807, 2.05) is 0 Å². The molecule has 0 unspecified atom stereocenters. The lowest BCUT2D eigenvalue weighted by Gasteiger charge is -2.45. The van der Waals surface area contributed by atoms with Gasteiger partial charge in [0.2, 0.25) is 0 Å². The highest BCUT2D eigenvalue weighted by atomic mass is 28.3. The van der Waals surface area contributed by atoms with Crippen molar-refractivity contribution in [3.63, 3.8) is 0 Å². The van der Waals surface area contributed by atoms with Crippen LogP contribution in [0.15, 0.2) is 144 Å². The monoisotopic (exact) mass is 834 g/mol. The zero-order chi connectivity index (χ0) is 41.9. The molecule has 0 radical (unpaired) electrons. The van der Waals surface area contributed by atoms with Crippen molar-refractivity contribution in [2.75, 3.05) is 16.3 Å². The molecule has 6 aromatic carbocycles. The lowest BCUT2D eigenvalue weighted by molar-refractivity contribution is 0.353. The predicted octanol–water partition coefficient (Wildman–Crippen LogP) is 15.2. The highest BCUT2D eigenvalue weighted by molar-refractivity contribution is 7.00. The zero-order valence-electron chi connectivity index (χ0n) is 37.2. The Balaban J connectivity index is 0.832. The van der Waals surface area contributed by atoms with Crippen molar-refractivity contribution in [3.05, 3.63) is 183 Å². The first-order valence-corrected chi connectivity index (χ1v) is 26.8. The van der Waals surface area contributed by atoms with E-state index in [1.54, 1.807) is 27.2 Å². The largest absolute Gasteiger partial charge is 0.341 e. The van der Waals surface area contributed by atoms with Crippen molar-refractivity contribution in [2.24, 2.45) is 0 Å². The lowest BCUT2D eigenvalue weighted by Crippen LogP contribution is -2.53. The molecular weight excluding hydrogens is 777 g/mol. The van der Waals surface area contributed by atoms with Gasteiger partial charge in [-0.3, -0.25) is 0 Å². The Bertz CT molecular complexity index is 2970. The summed E-state index contributed by atoms with van der Waals surface area (Å²) in [6.07, 6.45) is 23.6. The fourth-order valence-electron chi connectivity index (χ4n) is 13.9. The van der Waals surface area contributed by atoms with Crippen LogP contribution in [0, 0.1) is 0 Å². The molecule has 0 aromatic heterocycles. The maximum atomic E-state index is 2.72. The van der Waals surface area contributed by atoms with Crippen molar-refractivity contribution >= 4 is 48.2 Å². The molecule has 0 bridgehead atoms. The molecule has 7 aliphatic rings. The van der Waals surface area contributed by atoms with Gasteiger partial charge in [0.15, 0.2) is 0 Å². The van der Waals surface area contributed by atoms with Crippen LogP contribution in [-0.2, 0) is 17.3 Å². The van der Waals surface area contributed by atoms with E-state index in [9.17, 15) is 0 Å². The van der Waals surface area contributed by atoms with Gasteiger partial charge < -0.3 is 9.80 Å². The number of anilines is 4. The van der Waals surface area contributed by atoms with Gasteiger partial charge in [-0.2, -0.15) is 0 Å². The highest BCUT2D eigenvalue weighted by Gasteiger charge is 2.49. The number of rotatable bonds is 4. The summed E-state index contributed by atoms with van der Waals surface area (Å²) < 4.78 is 0. The molecular formula is C60H58N2Si. The first-order valence-electron chi connectivity index (χ1n) is 24.4. The molecule has 1 saturated carbocycles. The minimum absolute atomic E-state index is 0.0711. The summed E-state index contributed by atoms with van der Waals surface area (Å²) in [6.45, 7) is 5.92. The van der Waals surface area contributed by atoms with E-state index < -0.39 is 8.07 Å². The van der Waals surface area contributed by atoms with E-state index in [4.69, 9.17) is 0 Å². The molecule has 0 amide bonds. The minimum Gasteiger partial charge on any atom is -0.341 e. The second-order valence-corrected chi connectivity index (χ2v) is 24.7. The Morgan fingerprint density at radius 1 is 0.556 bits per heavy atom. The van der Waals surface area contributed by atoms with Gasteiger partial charge in [-0.15, -0.1) is 0 Å². The van der Waals surface area contributed by atoms with Crippen LogP contribution in [0.2, 0.25) is 12.1 Å². The van der Waals surface area contributed by atoms with Crippen LogP contribution in [-0.4, -0.2) is 14.6 Å². The molecule has 13 rings (SSSR count). The summed E-state index contributed by atoms with van der Waals surface area (Å²) in [6, 6.07) is 50.8. The summed E-state index contributed by atoms with van der Waals surface area (Å²) in [4.78, 5) is 5.26. The number of nitrogens with zero attached hydrogens (tertiary/aromatic N) is 2. The van der Waals surface area contributed by atoms with Crippen molar-refractivity contribution in [1.82, 2.24) is 0 Å². The normalized spacial score (nSPS) is 20.4. The smallest absolute Gasteiger partial charge is 0.123 e. The molecule has 2 spiro atoms. The van der Waals surface area contributed by atoms with Crippen LogP contribution >= 0.6 is 0 Å². The number of hydrogen-bond acceptors (Lipinski definition) is 2. The van der Waals surface area contributed by atoms with Gasteiger partial charge in [0.1, 0.15) is 8.07 Å². The first kappa shape index (κ1) is 37.9. The van der Waals surface area contributed by atoms with Crippen LogP contribution < -0.4 is 15.0 Å². The van der Waals surface area contributed by atoms with Crippen LogP contribution in [0.4, 0.5) is 22.7 Å². The molecule has 2 nitrogen and oxygen atoms in total. The average Bonchev–Trinajstić information content (AvgIpc) is 3.99. The molecule has 1 saturated heterocycles. The molecule has 4 aliphatic carbocycles.